The zero-order valence-corrected chi connectivity index (χ0v) is 7.81. The first-order valence-electron chi connectivity index (χ1n) is 3.89. The standard InChI is InChI=1S/C10H7ClN2/c1-6-2-7-3-9(11)4-8(5-12)10(7)13-6/h2-4,13H,1H3. The van der Waals surface area contributed by atoms with Crippen LogP contribution in [0.3, 0.4) is 0 Å². The van der Waals surface area contributed by atoms with Crippen molar-refractivity contribution in [3.8, 4) is 6.07 Å². The van der Waals surface area contributed by atoms with Gasteiger partial charge in [0.1, 0.15) is 6.07 Å². The van der Waals surface area contributed by atoms with E-state index in [0.717, 1.165) is 16.6 Å². The van der Waals surface area contributed by atoms with Crippen molar-refractivity contribution in [1.29, 1.82) is 5.26 Å². The van der Waals surface area contributed by atoms with E-state index in [1.54, 1.807) is 6.07 Å². The molecular formula is C10H7ClN2. The first-order chi connectivity index (χ1) is 6.20. The maximum absolute atomic E-state index is 8.84. The fourth-order valence-electron chi connectivity index (χ4n) is 1.44. The van der Waals surface area contributed by atoms with Gasteiger partial charge in [0.15, 0.2) is 0 Å². The molecule has 2 nitrogen and oxygen atoms in total. The Morgan fingerprint density at radius 3 is 2.85 bits per heavy atom. The number of H-pyrrole nitrogens is 1. The molecule has 0 amide bonds. The first kappa shape index (κ1) is 8.15. The summed E-state index contributed by atoms with van der Waals surface area (Å²) < 4.78 is 0. The predicted molar refractivity (Wildman–Crippen MR) is 52.8 cm³/mol. The van der Waals surface area contributed by atoms with Crippen LogP contribution < -0.4 is 0 Å². The number of aryl methyl sites for hydroxylation is 1. The summed E-state index contributed by atoms with van der Waals surface area (Å²) in [5.41, 5.74) is 2.49. The van der Waals surface area contributed by atoms with Crippen LogP contribution >= 0.6 is 11.6 Å². The highest BCUT2D eigenvalue weighted by Crippen LogP contribution is 2.23. The molecule has 0 aliphatic carbocycles. The molecule has 0 saturated heterocycles. The summed E-state index contributed by atoms with van der Waals surface area (Å²) in [6.45, 7) is 1.95. The summed E-state index contributed by atoms with van der Waals surface area (Å²) in [6, 6.07) is 7.60. The molecule has 13 heavy (non-hydrogen) atoms. The predicted octanol–water partition coefficient (Wildman–Crippen LogP) is 3.00. The largest absolute Gasteiger partial charge is 0.358 e. The molecule has 64 valence electrons. The minimum absolute atomic E-state index is 0.593. The monoisotopic (exact) mass is 190 g/mol. The Labute approximate surface area is 80.7 Å². The third kappa shape index (κ3) is 1.28. The van der Waals surface area contributed by atoms with Crippen LogP contribution in [0.25, 0.3) is 10.9 Å². The Balaban J connectivity index is 2.90. The van der Waals surface area contributed by atoms with Crippen molar-refractivity contribution in [1.82, 2.24) is 4.98 Å². The zero-order chi connectivity index (χ0) is 9.42. The van der Waals surface area contributed by atoms with E-state index >= 15 is 0 Å². The first-order valence-corrected chi connectivity index (χ1v) is 4.27. The normalized spacial score (nSPS) is 10.2. The molecule has 0 unspecified atom stereocenters. The van der Waals surface area contributed by atoms with Gasteiger partial charge >= 0.3 is 0 Å². The summed E-state index contributed by atoms with van der Waals surface area (Å²) in [7, 11) is 0. The van der Waals surface area contributed by atoms with E-state index in [9.17, 15) is 0 Å². The molecule has 0 spiro atoms. The molecular weight excluding hydrogens is 184 g/mol. The second-order valence-corrected chi connectivity index (χ2v) is 3.42. The van der Waals surface area contributed by atoms with Crippen molar-refractivity contribution in [2.75, 3.05) is 0 Å². The molecule has 0 saturated carbocycles. The van der Waals surface area contributed by atoms with Crippen molar-refractivity contribution in [2.45, 2.75) is 6.92 Å². The van der Waals surface area contributed by atoms with Crippen LogP contribution in [0, 0.1) is 18.3 Å². The van der Waals surface area contributed by atoms with Crippen molar-refractivity contribution < 1.29 is 0 Å². The molecule has 0 aliphatic rings. The molecule has 0 fully saturated rings. The molecule has 0 radical (unpaired) electrons. The number of aromatic amines is 1. The van der Waals surface area contributed by atoms with Crippen LogP contribution in [0.5, 0.6) is 0 Å². The van der Waals surface area contributed by atoms with Crippen LogP contribution in [-0.2, 0) is 0 Å². The van der Waals surface area contributed by atoms with Gasteiger partial charge in [-0.2, -0.15) is 5.26 Å². The highest BCUT2D eigenvalue weighted by molar-refractivity contribution is 6.31. The third-order valence-electron chi connectivity index (χ3n) is 1.95. The van der Waals surface area contributed by atoms with Crippen molar-refractivity contribution in [2.24, 2.45) is 0 Å². The summed E-state index contributed by atoms with van der Waals surface area (Å²) in [6.07, 6.45) is 0. The van der Waals surface area contributed by atoms with E-state index in [0.29, 0.717) is 10.6 Å². The average Bonchev–Trinajstić information content (AvgIpc) is 2.43. The van der Waals surface area contributed by atoms with Crippen LogP contribution in [0.15, 0.2) is 18.2 Å². The van der Waals surface area contributed by atoms with Crippen molar-refractivity contribution in [3.05, 3.63) is 34.5 Å². The molecule has 1 N–H and O–H groups in total. The number of hydrogen-bond donors (Lipinski definition) is 1. The lowest BCUT2D eigenvalue weighted by Gasteiger charge is -1.94. The van der Waals surface area contributed by atoms with E-state index in [-0.39, 0.29) is 0 Å². The maximum atomic E-state index is 8.84. The Bertz CT molecular complexity index is 505. The Hall–Kier alpha value is -1.46. The average molecular weight is 191 g/mol. The Morgan fingerprint density at radius 2 is 2.15 bits per heavy atom. The van der Waals surface area contributed by atoms with Gasteiger partial charge < -0.3 is 4.98 Å². The summed E-state index contributed by atoms with van der Waals surface area (Å²) >= 11 is 5.85. The lowest BCUT2D eigenvalue weighted by molar-refractivity contribution is 1.30. The molecule has 2 rings (SSSR count). The second-order valence-electron chi connectivity index (χ2n) is 2.98. The van der Waals surface area contributed by atoms with E-state index in [1.807, 2.05) is 19.1 Å². The number of halogens is 1. The minimum Gasteiger partial charge on any atom is -0.358 e. The molecule has 1 heterocycles. The number of nitriles is 1. The molecule has 0 bridgehead atoms. The topological polar surface area (TPSA) is 39.6 Å². The number of fused-ring (bicyclic) bond motifs is 1. The van der Waals surface area contributed by atoms with Crippen LogP contribution in [0.2, 0.25) is 5.02 Å². The third-order valence-corrected chi connectivity index (χ3v) is 2.17. The van der Waals surface area contributed by atoms with Gasteiger partial charge in [-0.15, -0.1) is 0 Å². The number of benzene rings is 1. The Morgan fingerprint density at radius 1 is 1.38 bits per heavy atom. The molecule has 0 aliphatic heterocycles. The van der Waals surface area contributed by atoms with Gasteiger partial charge in [0.05, 0.1) is 11.1 Å². The van der Waals surface area contributed by atoms with Crippen molar-refractivity contribution in [3.63, 3.8) is 0 Å². The summed E-state index contributed by atoms with van der Waals surface area (Å²) in [5.74, 6) is 0. The summed E-state index contributed by atoms with van der Waals surface area (Å²) in [4.78, 5) is 3.12. The maximum Gasteiger partial charge on any atom is 0.101 e. The number of rotatable bonds is 0. The van der Waals surface area contributed by atoms with Crippen LogP contribution in [0.1, 0.15) is 11.3 Å². The second kappa shape index (κ2) is 2.79. The molecule has 3 heteroatoms. The van der Waals surface area contributed by atoms with E-state index in [2.05, 4.69) is 11.1 Å². The molecule has 1 aromatic heterocycles. The van der Waals surface area contributed by atoms with Gasteiger partial charge in [0.2, 0.25) is 0 Å². The van der Waals surface area contributed by atoms with Crippen LogP contribution in [-0.4, -0.2) is 4.98 Å². The van der Waals surface area contributed by atoms with Gasteiger partial charge in [-0.1, -0.05) is 11.6 Å². The number of nitrogens with one attached hydrogen (secondary N) is 1. The smallest absolute Gasteiger partial charge is 0.101 e. The number of hydrogen-bond acceptors (Lipinski definition) is 1. The molecule has 2 aromatic rings. The van der Waals surface area contributed by atoms with Gasteiger partial charge in [0.25, 0.3) is 0 Å². The number of aromatic nitrogens is 1. The van der Waals surface area contributed by atoms with Crippen molar-refractivity contribution >= 4 is 22.5 Å². The summed E-state index contributed by atoms with van der Waals surface area (Å²) in [5, 5.41) is 10.4. The van der Waals surface area contributed by atoms with E-state index in [4.69, 9.17) is 16.9 Å². The van der Waals surface area contributed by atoms with E-state index < -0.39 is 0 Å². The number of nitrogens with zero attached hydrogens (tertiary/aromatic N) is 1. The minimum atomic E-state index is 0.593. The highest BCUT2D eigenvalue weighted by atomic mass is 35.5. The SMILES string of the molecule is Cc1cc2cc(Cl)cc(C#N)c2[nH]1. The van der Waals surface area contributed by atoms with Gasteiger partial charge in [-0.25, -0.2) is 0 Å². The zero-order valence-electron chi connectivity index (χ0n) is 7.06. The quantitative estimate of drug-likeness (QED) is 0.682. The van der Waals surface area contributed by atoms with Gasteiger partial charge in [-0.3, -0.25) is 0 Å². The lowest BCUT2D eigenvalue weighted by atomic mass is 10.1. The Kier molecular flexibility index (Phi) is 1.75. The fraction of sp³-hybridized carbons (Fsp3) is 0.100. The van der Waals surface area contributed by atoms with Gasteiger partial charge in [0, 0.05) is 16.1 Å². The molecule has 1 aromatic carbocycles. The molecule has 0 atom stereocenters. The van der Waals surface area contributed by atoms with Crippen LogP contribution in [0.4, 0.5) is 0 Å². The lowest BCUT2D eigenvalue weighted by Crippen LogP contribution is -1.78. The van der Waals surface area contributed by atoms with E-state index in [1.165, 1.54) is 0 Å². The highest BCUT2D eigenvalue weighted by Gasteiger charge is 2.04. The van der Waals surface area contributed by atoms with Gasteiger partial charge in [-0.05, 0) is 25.1 Å². The fourth-order valence-corrected chi connectivity index (χ4v) is 1.66.